The molecule has 2 aromatic rings. The summed E-state index contributed by atoms with van der Waals surface area (Å²) < 4.78 is 44.3. The molecular formula is C17H17BF3NO4. The Hall–Kier alpha value is -2.52. The second-order valence-electron chi connectivity index (χ2n) is 5.44. The first-order chi connectivity index (χ1) is 12.2. The molecule has 0 radical (unpaired) electrons. The number of carbonyl (C=O) groups is 1. The molecular weight excluding hydrogens is 350 g/mol. The molecule has 0 atom stereocenters. The third-order valence-corrected chi connectivity index (χ3v) is 3.58. The van der Waals surface area contributed by atoms with Crippen molar-refractivity contribution in [2.24, 2.45) is 0 Å². The predicted octanol–water partition coefficient (Wildman–Crippen LogP) is 1.71. The van der Waals surface area contributed by atoms with Crippen LogP contribution in [0, 0.1) is 0 Å². The molecule has 0 aliphatic rings. The van der Waals surface area contributed by atoms with E-state index in [0.717, 1.165) is 12.1 Å². The maximum absolute atomic E-state index is 13.1. The van der Waals surface area contributed by atoms with E-state index in [0.29, 0.717) is 11.0 Å². The summed E-state index contributed by atoms with van der Waals surface area (Å²) in [5, 5.41) is 20.6. The molecule has 0 aromatic heterocycles. The fourth-order valence-electron chi connectivity index (χ4n) is 2.27. The Kier molecular flexibility index (Phi) is 6.28. The Labute approximate surface area is 148 Å². The number of ether oxygens (including phenoxy) is 1. The molecule has 0 saturated heterocycles. The van der Waals surface area contributed by atoms with Gasteiger partial charge in [0.2, 0.25) is 0 Å². The summed E-state index contributed by atoms with van der Waals surface area (Å²) in [6.07, 6.45) is -4.64. The van der Waals surface area contributed by atoms with Crippen LogP contribution in [-0.4, -0.2) is 29.7 Å². The number of alkyl halides is 3. The van der Waals surface area contributed by atoms with E-state index in [2.05, 4.69) is 5.32 Å². The lowest BCUT2D eigenvalue weighted by atomic mass is 9.80. The van der Waals surface area contributed by atoms with Crippen molar-refractivity contribution in [1.82, 2.24) is 5.32 Å². The molecule has 5 nitrogen and oxygen atoms in total. The van der Waals surface area contributed by atoms with E-state index in [1.54, 1.807) is 19.1 Å². The van der Waals surface area contributed by atoms with Gasteiger partial charge in [0.1, 0.15) is 5.75 Å². The van der Waals surface area contributed by atoms with Crippen LogP contribution in [0.1, 0.15) is 28.4 Å². The van der Waals surface area contributed by atoms with Crippen LogP contribution in [0.25, 0.3) is 0 Å². The van der Waals surface area contributed by atoms with E-state index < -0.39 is 24.8 Å². The van der Waals surface area contributed by atoms with Crippen LogP contribution in [0.5, 0.6) is 5.75 Å². The maximum atomic E-state index is 13.1. The number of hydrogen-bond donors (Lipinski definition) is 3. The summed E-state index contributed by atoms with van der Waals surface area (Å²) in [5.74, 6) is -0.987. The van der Waals surface area contributed by atoms with Gasteiger partial charge in [-0.05, 0) is 36.1 Å². The van der Waals surface area contributed by atoms with Crippen LogP contribution >= 0.6 is 0 Å². The highest BCUT2D eigenvalue weighted by atomic mass is 19.4. The smallest absolute Gasteiger partial charge is 0.488 e. The molecule has 2 aromatic carbocycles. The Bertz CT molecular complexity index is 764. The monoisotopic (exact) mass is 367 g/mol. The van der Waals surface area contributed by atoms with Gasteiger partial charge >= 0.3 is 13.3 Å². The number of amides is 1. The highest BCUT2D eigenvalue weighted by molar-refractivity contribution is 6.58. The van der Waals surface area contributed by atoms with Gasteiger partial charge in [-0.1, -0.05) is 24.3 Å². The van der Waals surface area contributed by atoms with Gasteiger partial charge in [-0.15, -0.1) is 0 Å². The van der Waals surface area contributed by atoms with Crippen molar-refractivity contribution in [3.8, 4) is 5.75 Å². The van der Waals surface area contributed by atoms with Gasteiger partial charge < -0.3 is 20.1 Å². The van der Waals surface area contributed by atoms with E-state index in [4.69, 9.17) is 14.8 Å². The molecule has 0 aliphatic heterocycles. The molecule has 2 rings (SSSR count). The topological polar surface area (TPSA) is 78.8 Å². The van der Waals surface area contributed by atoms with Crippen LogP contribution < -0.4 is 15.5 Å². The zero-order valence-electron chi connectivity index (χ0n) is 13.9. The van der Waals surface area contributed by atoms with E-state index in [9.17, 15) is 18.0 Å². The molecule has 0 bridgehead atoms. The van der Waals surface area contributed by atoms with Crippen molar-refractivity contribution in [2.75, 3.05) is 6.61 Å². The second-order valence-corrected chi connectivity index (χ2v) is 5.44. The van der Waals surface area contributed by atoms with Crippen LogP contribution in [0.4, 0.5) is 13.2 Å². The highest BCUT2D eigenvalue weighted by Gasteiger charge is 2.35. The number of benzene rings is 2. The van der Waals surface area contributed by atoms with Gasteiger partial charge in [0, 0.05) is 12.1 Å². The first-order valence-electron chi connectivity index (χ1n) is 7.79. The van der Waals surface area contributed by atoms with Gasteiger partial charge in [0.25, 0.3) is 5.91 Å². The van der Waals surface area contributed by atoms with Crippen molar-refractivity contribution in [2.45, 2.75) is 19.6 Å². The molecule has 0 unspecified atom stereocenters. The van der Waals surface area contributed by atoms with Crippen LogP contribution in [0.15, 0.2) is 42.5 Å². The van der Waals surface area contributed by atoms with Crippen molar-refractivity contribution >= 4 is 18.5 Å². The molecule has 1 amide bonds. The molecule has 0 heterocycles. The van der Waals surface area contributed by atoms with Crippen molar-refractivity contribution in [3.05, 3.63) is 59.2 Å². The summed E-state index contributed by atoms with van der Waals surface area (Å²) in [6.45, 7) is 1.73. The summed E-state index contributed by atoms with van der Waals surface area (Å²) in [7, 11) is -1.59. The summed E-state index contributed by atoms with van der Waals surface area (Å²) >= 11 is 0. The van der Waals surface area contributed by atoms with E-state index in [-0.39, 0.29) is 24.5 Å². The van der Waals surface area contributed by atoms with Gasteiger partial charge in [-0.2, -0.15) is 13.2 Å². The summed E-state index contributed by atoms with van der Waals surface area (Å²) in [4.78, 5) is 12.1. The lowest BCUT2D eigenvalue weighted by Gasteiger charge is -2.14. The zero-order chi connectivity index (χ0) is 19.3. The molecule has 0 fully saturated rings. The lowest BCUT2D eigenvalue weighted by Crippen LogP contribution is -2.30. The molecule has 26 heavy (non-hydrogen) atoms. The van der Waals surface area contributed by atoms with Crippen molar-refractivity contribution in [1.29, 1.82) is 0 Å². The van der Waals surface area contributed by atoms with Gasteiger partial charge in [-0.3, -0.25) is 4.79 Å². The predicted molar refractivity (Wildman–Crippen MR) is 90.1 cm³/mol. The van der Waals surface area contributed by atoms with Crippen LogP contribution in [0.2, 0.25) is 0 Å². The van der Waals surface area contributed by atoms with Crippen molar-refractivity contribution < 1.29 is 32.8 Å². The Balaban J connectivity index is 2.11. The standard InChI is InChI=1S/C17H17BF3NO4/c1-2-26-15-8-5-12(9-14(15)17(19,20)21)16(23)22-10-11-3-6-13(7-4-11)18(24)25/h3-9,24-25H,2,10H2,1H3,(H,22,23). The SMILES string of the molecule is CCOc1ccc(C(=O)NCc2ccc(B(O)O)cc2)cc1C(F)(F)F. The first kappa shape index (κ1) is 19.8. The average Bonchev–Trinajstić information content (AvgIpc) is 2.59. The molecule has 138 valence electrons. The van der Waals surface area contributed by atoms with E-state index >= 15 is 0 Å². The maximum Gasteiger partial charge on any atom is 0.488 e. The number of nitrogens with one attached hydrogen (secondary N) is 1. The molecule has 3 N–H and O–H groups in total. The Morgan fingerprint density at radius 3 is 2.35 bits per heavy atom. The molecule has 9 heteroatoms. The summed E-state index contributed by atoms with van der Waals surface area (Å²) in [6, 6.07) is 9.25. The third kappa shape index (κ3) is 4.99. The minimum absolute atomic E-state index is 0.0765. The lowest BCUT2D eigenvalue weighted by molar-refractivity contribution is -0.138. The van der Waals surface area contributed by atoms with Gasteiger partial charge in [0.05, 0.1) is 12.2 Å². The number of rotatable bonds is 6. The fourth-order valence-corrected chi connectivity index (χ4v) is 2.27. The highest BCUT2D eigenvalue weighted by Crippen LogP contribution is 2.36. The number of hydrogen-bond acceptors (Lipinski definition) is 4. The molecule has 0 aliphatic carbocycles. The Morgan fingerprint density at radius 2 is 1.81 bits per heavy atom. The average molecular weight is 367 g/mol. The minimum atomic E-state index is -4.64. The van der Waals surface area contributed by atoms with Crippen LogP contribution in [0.3, 0.4) is 0 Å². The fraction of sp³-hybridized carbons (Fsp3) is 0.235. The first-order valence-corrected chi connectivity index (χ1v) is 7.79. The molecule has 0 spiro atoms. The van der Waals surface area contributed by atoms with E-state index in [1.807, 2.05) is 0 Å². The second kappa shape index (κ2) is 8.24. The Morgan fingerprint density at radius 1 is 1.15 bits per heavy atom. The molecule has 0 saturated carbocycles. The number of carbonyl (C=O) groups excluding carboxylic acids is 1. The van der Waals surface area contributed by atoms with Gasteiger partial charge in [-0.25, -0.2) is 0 Å². The van der Waals surface area contributed by atoms with Crippen LogP contribution in [-0.2, 0) is 12.7 Å². The normalized spacial score (nSPS) is 11.2. The van der Waals surface area contributed by atoms with E-state index in [1.165, 1.54) is 18.2 Å². The largest absolute Gasteiger partial charge is 0.493 e. The quantitative estimate of drug-likeness (QED) is 0.680. The minimum Gasteiger partial charge on any atom is -0.493 e. The van der Waals surface area contributed by atoms with Crippen molar-refractivity contribution in [3.63, 3.8) is 0 Å². The van der Waals surface area contributed by atoms with Gasteiger partial charge in [0.15, 0.2) is 0 Å². The third-order valence-electron chi connectivity index (χ3n) is 3.58. The zero-order valence-corrected chi connectivity index (χ0v) is 13.9. The number of halogens is 3. The summed E-state index contributed by atoms with van der Waals surface area (Å²) in [5.41, 5.74) is -0.192.